The van der Waals surface area contributed by atoms with Crippen molar-refractivity contribution in [3.63, 3.8) is 0 Å². The predicted octanol–water partition coefficient (Wildman–Crippen LogP) is 3.35. The number of halogens is 2. The average molecular weight is 340 g/mol. The summed E-state index contributed by atoms with van der Waals surface area (Å²) >= 11 is 0. The van der Waals surface area contributed by atoms with Crippen molar-refractivity contribution in [1.82, 2.24) is 10.2 Å². The molecule has 1 aromatic carbocycles. The first kappa shape index (κ1) is 18.6. The maximum Gasteiger partial charge on any atom is 0.317 e. The van der Waals surface area contributed by atoms with E-state index < -0.39 is 11.6 Å². The highest BCUT2D eigenvalue weighted by Crippen LogP contribution is 2.16. The van der Waals surface area contributed by atoms with Gasteiger partial charge < -0.3 is 15.0 Å². The molecule has 2 amide bonds. The zero-order valence-electron chi connectivity index (χ0n) is 14.4. The first-order valence-electron chi connectivity index (χ1n) is 8.49. The Morgan fingerprint density at radius 2 is 2.04 bits per heavy atom. The van der Waals surface area contributed by atoms with Gasteiger partial charge in [-0.25, -0.2) is 13.6 Å². The number of nitrogens with zero attached hydrogens (tertiary/aromatic N) is 1. The Hall–Kier alpha value is -1.69. The van der Waals surface area contributed by atoms with Crippen molar-refractivity contribution in [3.05, 3.63) is 35.4 Å². The first-order valence-corrected chi connectivity index (χ1v) is 8.49. The number of benzene rings is 1. The van der Waals surface area contributed by atoms with E-state index in [1.54, 1.807) is 18.0 Å². The molecule has 0 unspecified atom stereocenters. The highest BCUT2D eigenvalue weighted by Gasteiger charge is 2.19. The molecule has 0 saturated carbocycles. The van der Waals surface area contributed by atoms with E-state index >= 15 is 0 Å². The lowest BCUT2D eigenvalue weighted by Crippen LogP contribution is -2.44. The molecule has 1 heterocycles. The van der Waals surface area contributed by atoms with Crippen molar-refractivity contribution in [2.75, 3.05) is 26.8 Å². The van der Waals surface area contributed by atoms with Crippen LogP contribution in [0.15, 0.2) is 18.2 Å². The van der Waals surface area contributed by atoms with Gasteiger partial charge >= 0.3 is 6.03 Å². The quantitative estimate of drug-likeness (QED) is 0.863. The van der Waals surface area contributed by atoms with Crippen molar-refractivity contribution >= 4 is 6.03 Å². The van der Waals surface area contributed by atoms with Crippen molar-refractivity contribution in [3.8, 4) is 0 Å². The molecule has 6 heteroatoms. The Bertz CT molecular complexity index is 548. The van der Waals surface area contributed by atoms with Crippen LogP contribution in [0, 0.1) is 17.6 Å². The fourth-order valence-corrected chi connectivity index (χ4v) is 2.87. The summed E-state index contributed by atoms with van der Waals surface area (Å²) < 4.78 is 31.4. The van der Waals surface area contributed by atoms with E-state index in [-0.39, 0.29) is 12.1 Å². The van der Waals surface area contributed by atoms with Crippen molar-refractivity contribution in [2.45, 2.75) is 38.6 Å². The smallest absolute Gasteiger partial charge is 0.317 e. The highest BCUT2D eigenvalue weighted by atomic mass is 19.2. The van der Waals surface area contributed by atoms with Gasteiger partial charge in [0, 0.05) is 32.8 Å². The molecule has 1 fully saturated rings. The minimum Gasteiger partial charge on any atom is -0.381 e. The summed E-state index contributed by atoms with van der Waals surface area (Å²) in [6.45, 7) is 4.18. The molecular weight excluding hydrogens is 314 g/mol. The summed E-state index contributed by atoms with van der Waals surface area (Å²) in [5.74, 6) is -1.18. The number of hydrogen-bond acceptors (Lipinski definition) is 2. The number of rotatable bonds is 6. The molecular formula is C18H26F2N2O2. The number of ether oxygens (including phenoxy) is 1. The van der Waals surface area contributed by atoms with Gasteiger partial charge in [-0.05, 0) is 56.2 Å². The van der Waals surface area contributed by atoms with Crippen LogP contribution in [-0.4, -0.2) is 43.8 Å². The summed E-state index contributed by atoms with van der Waals surface area (Å²) in [4.78, 5) is 13.9. The van der Waals surface area contributed by atoms with Gasteiger partial charge in [0.1, 0.15) is 0 Å². The Kier molecular flexibility index (Phi) is 6.97. The third-order valence-corrected chi connectivity index (χ3v) is 4.44. The monoisotopic (exact) mass is 340 g/mol. The number of carbonyl (C=O) groups excluding carboxylic acids is 1. The van der Waals surface area contributed by atoms with E-state index in [1.165, 1.54) is 6.07 Å². The Balaban J connectivity index is 1.72. The lowest BCUT2D eigenvalue weighted by molar-refractivity contribution is 0.0585. The Morgan fingerprint density at radius 1 is 1.33 bits per heavy atom. The molecule has 1 aliphatic rings. The van der Waals surface area contributed by atoms with Crippen LogP contribution in [0.5, 0.6) is 0 Å². The van der Waals surface area contributed by atoms with Crippen molar-refractivity contribution < 1.29 is 18.3 Å². The van der Waals surface area contributed by atoms with Crippen LogP contribution in [0.1, 0.15) is 31.7 Å². The SMILES string of the molecule is C[C@H](CCc1ccc(F)c(F)c1)NC(=O)N(C)CC1CCOCC1. The maximum absolute atomic E-state index is 13.2. The van der Waals surface area contributed by atoms with Gasteiger partial charge in [-0.1, -0.05) is 6.07 Å². The van der Waals surface area contributed by atoms with Crippen LogP contribution >= 0.6 is 0 Å². The van der Waals surface area contributed by atoms with E-state index in [1.807, 2.05) is 6.92 Å². The van der Waals surface area contributed by atoms with Gasteiger partial charge in [0.05, 0.1) is 0 Å². The zero-order valence-corrected chi connectivity index (χ0v) is 14.4. The highest BCUT2D eigenvalue weighted by molar-refractivity contribution is 5.74. The fraction of sp³-hybridized carbons (Fsp3) is 0.611. The molecule has 1 aliphatic heterocycles. The number of amides is 2. The normalized spacial score (nSPS) is 16.7. The summed E-state index contributed by atoms with van der Waals surface area (Å²) in [7, 11) is 1.80. The molecule has 0 spiro atoms. The van der Waals surface area contributed by atoms with Crippen LogP contribution in [0.25, 0.3) is 0 Å². The first-order chi connectivity index (χ1) is 11.5. The van der Waals surface area contributed by atoms with Crippen molar-refractivity contribution in [2.24, 2.45) is 5.92 Å². The zero-order chi connectivity index (χ0) is 17.5. The molecule has 1 atom stereocenters. The van der Waals surface area contributed by atoms with Crippen LogP contribution in [0.2, 0.25) is 0 Å². The summed E-state index contributed by atoms with van der Waals surface area (Å²) in [6.07, 6.45) is 3.23. The number of carbonyl (C=O) groups is 1. The molecule has 0 aromatic heterocycles. The van der Waals surface area contributed by atoms with Gasteiger partial charge in [-0.3, -0.25) is 0 Å². The van der Waals surface area contributed by atoms with Gasteiger partial charge in [0.15, 0.2) is 11.6 Å². The molecule has 0 aliphatic carbocycles. The Labute approximate surface area is 142 Å². The minimum absolute atomic E-state index is 0.0391. The second-order valence-corrected chi connectivity index (χ2v) is 6.57. The third-order valence-electron chi connectivity index (χ3n) is 4.44. The topological polar surface area (TPSA) is 41.6 Å². The molecule has 24 heavy (non-hydrogen) atoms. The third kappa shape index (κ3) is 5.74. The molecule has 1 saturated heterocycles. The summed E-state index contributed by atoms with van der Waals surface area (Å²) in [6, 6.07) is 3.78. The predicted molar refractivity (Wildman–Crippen MR) is 88.8 cm³/mol. The van der Waals surface area contributed by atoms with Gasteiger partial charge in [0.2, 0.25) is 0 Å². The molecule has 0 bridgehead atoms. The standard InChI is InChI=1S/C18H26F2N2O2/c1-13(3-4-14-5-6-16(19)17(20)11-14)21-18(23)22(2)12-15-7-9-24-10-8-15/h5-6,11,13,15H,3-4,7-10,12H2,1-2H3,(H,21,23)/t13-/m1/s1. The van der Waals surface area contributed by atoms with Gasteiger partial charge in [-0.15, -0.1) is 0 Å². The lowest BCUT2D eigenvalue weighted by atomic mass is 10.00. The second kappa shape index (κ2) is 8.97. The summed E-state index contributed by atoms with van der Waals surface area (Å²) in [5, 5.41) is 2.95. The van der Waals surface area contributed by atoms with Crippen LogP contribution in [-0.2, 0) is 11.2 Å². The van der Waals surface area contributed by atoms with Crippen LogP contribution < -0.4 is 5.32 Å². The molecule has 2 rings (SSSR count). The molecule has 0 radical (unpaired) electrons. The van der Waals surface area contributed by atoms with Crippen LogP contribution in [0.3, 0.4) is 0 Å². The molecule has 1 aromatic rings. The lowest BCUT2D eigenvalue weighted by Gasteiger charge is -2.28. The minimum atomic E-state index is -0.838. The molecule has 4 nitrogen and oxygen atoms in total. The second-order valence-electron chi connectivity index (χ2n) is 6.57. The van der Waals surface area contributed by atoms with E-state index in [0.717, 1.165) is 44.2 Å². The molecule has 1 N–H and O–H groups in total. The number of nitrogens with one attached hydrogen (secondary N) is 1. The largest absolute Gasteiger partial charge is 0.381 e. The van der Waals surface area contributed by atoms with Crippen molar-refractivity contribution in [1.29, 1.82) is 0 Å². The van der Waals surface area contributed by atoms with E-state index in [4.69, 9.17) is 4.74 Å². The maximum atomic E-state index is 13.2. The van der Waals surface area contributed by atoms with E-state index in [0.29, 0.717) is 18.8 Å². The van der Waals surface area contributed by atoms with E-state index in [2.05, 4.69) is 5.32 Å². The Morgan fingerprint density at radius 3 is 2.71 bits per heavy atom. The van der Waals surface area contributed by atoms with Gasteiger partial charge in [0.25, 0.3) is 0 Å². The fourth-order valence-electron chi connectivity index (χ4n) is 2.87. The average Bonchev–Trinajstić information content (AvgIpc) is 2.56. The van der Waals surface area contributed by atoms with Gasteiger partial charge in [-0.2, -0.15) is 0 Å². The van der Waals surface area contributed by atoms with E-state index in [9.17, 15) is 13.6 Å². The summed E-state index contributed by atoms with van der Waals surface area (Å²) in [5.41, 5.74) is 0.727. The number of hydrogen-bond donors (Lipinski definition) is 1. The number of urea groups is 1. The number of aryl methyl sites for hydroxylation is 1. The van der Waals surface area contributed by atoms with Crippen LogP contribution in [0.4, 0.5) is 13.6 Å². The molecule has 134 valence electrons.